The van der Waals surface area contributed by atoms with Gasteiger partial charge in [-0.05, 0) is 31.1 Å². The number of hydrogen-bond acceptors (Lipinski definition) is 5. The van der Waals surface area contributed by atoms with Crippen LogP contribution in [0.2, 0.25) is 0 Å². The number of aromatic nitrogens is 2. The Morgan fingerprint density at radius 2 is 1.89 bits per heavy atom. The fourth-order valence-corrected chi connectivity index (χ4v) is 2.79. The van der Waals surface area contributed by atoms with E-state index >= 15 is 0 Å². The highest BCUT2D eigenvalue weighted by Gasteiger charge is 2.10. The molecule has 0 bridgehead atoms. The molecule has 2 N–H and O–H groups in total. The van der Waals surface area contributed by atoms with Gasteiger partial charge >= 0.3 is 0 Å². The monoisotopic (exact) mass is 277 g/mol. The van der Waals surface area contributed by atoms with Crippen LogP contribution in [0.15, 0.2) is 34.2 Å². The van der Waals surface area contributed by atoms with Crippen LogP contribution in [0.3, 0.4) is 0 Å². The van der Waals surface area contributed by atoms with Crippen LogP contribution >= 0.6 is 23.5 Å². The number of nitrogen functional groups attached to an aromatic ring is 1. The summed E-state index contributed by atoms with van der Waals surface area (Å²) in [6.07, 6.45) is 4.05. The quantitative estimate of drug-likeness (QED) is 0.687. The van der Waals surface area contributed by atoms with E-state index in [2.05, 4.69) is 29.2 Å². The van der Waals surface area contributed by atoms with Crippen molar-refractivity contribution in [2.24, 2.45) is 0 Å². The molecule has 1 aromatic heterocycles. The smallest absolute Gasteiger partial charge is 0.163 e. The average molecular weight is 277 g/mol. The fraction of sp³-hybridized carbons (Fsp3) is 0.231. The SMILES string of the molecule is CSc1cc(N)nc(-c2cccc(SC)c2C)n1. The first-order valence-electron chi connectivity index (χ1n) is 5.48. The molecule has 1 heterocycles. The highest BCUT2D eigenvalue weighted by molar-refractivity contribution is 7.98. The lowest BCUT2D eigenvalue weighted by Crippen LogP contribution is -1.98. The standard InChI is InChI=1S/C13H15N3S2/c1-8-9(5-4-6-10(8)17-2)13-15-11(14)7-12(16-13)18-3/h4-7H,1-3H3,(H2,14,15,16). The van der Waals surface area contributed by atoms with E-state index in [4.69, 9.17) is 5.73 Å². The summed E-state index contributed by atoms with van der Waals surface area (Å²) in [7, 11) is 0. The van der Waals surface area contributed by atoms with Crippen molar-refractivity contribution in [2.75, 3.05) is 18.2 Å². The van der Waals surface area contributed by atoms with Gasteiger partial charge in [0.25, 0.3) is 0 Å². The second kappa shape index (κ2) is 5.63. The predicted octanol–water partition coefficient (Wildman–Crippen LogP) is 3.48. The summed E-state index contributed by atoms with van der Waals surface area (Å²) >= 11 is 3.30. The first-order chi connectivity index (χ1) is 8.65. The Morgan fingerprint density at radius 3 is 2.56 bits per heavy atom. The van der Waals surface area contributed by atoms with E-state index in [9.17, 15) is 0 Å². The summed E-state index contributed by atoms with van der Waals surface area (Å²) in [5.74, 6) is 1.21. The molecule has 0 unspecified atom stereocenters. The van der Waals surface area contributed by atoms with Crippen molar-refractivity contribution in [2.45, 2.75) is 16.8 Å². The van der Waals surface area contributed by atoms with Gasteiger partial charge in [-0.1, -0.05) is 12.1 Å². The summed E-state index contributed by atoms with van der Waals surface area (Å²) in [6, 6.07) is 7.96. The van der Waals surface area contributed by atoms with Gasteiger partial charge in [0.15, 0.2) is 5.82 Å². The zero-order valence-corrected chi connectivity index (χ0v) is 12.2. The number of anilines is 1. The van der Waals surface area contributed by atoms with Gasteiger partial charge in [-0.25, -0.2) is 9.97 Å². The van der Waals surface area contributed by atoms with Crippen LogP contribution in [-0.4, -0.2) is 22.5 Å². The number of nitrogens with zero attached hydrogens (tertiary/aromatic N) is 2. The lowest BCUT2D eigenvalue weighted by Gasteiger charge is -2.09. The molecule has 0 aliphatic carbocycles. The Labute approximate surface area is 116 Å². The van der Waals surface area contributed by atoms with Gasteiger partial charge in [-0.3, -0.25) is 0 Å². The van der Waals surface area contributed by atoms with E-state index < -0.39 is 0 Å². The topological polar surface area (TPSA) is 51.8 Å². The van der Waals surface area contributed by atoms with Gasteiger partial charge in [-0.15, -0.1) is 23.5 Å². The van der Waals surface area contributed by atoms with Crippen molar-refractivity contribution >= 4 is 29.3 Å². The Kier molecular flexibility index (Phi) is 4.14. The van der Waals surface area contributed by atoms with Crippen molar-refractivity contribution in [3.8, 4) is 11.4 Å². The minimum Gasteiger partial charge on any atom is -0.384 e. The molecule has 0 fully saturated rings. The average Bonchev–Trinajstić information content (AvgIpc) is 2.38. The molecular weight excluding hydrogens is 262 g/mol. The number of nitrogens with two attached hydrogens (primary N) is 1. The van der Waals surface area contributed by atoms with Gasteiger partial charge < -0.3 is 5.73 Å². The molecule has 0 amide bonds. The normalized spacial score (nSPS) is 10.6. The Hall–Kier alpha value is -1.20. The van der Waals surface area contributed by atoms with Crippen molar-refractivity contribution in [1.82, 2.24) is 9.97 Å². The van der Waals surface area contributed by atoms with Crippen molar-refractivity contribution in [1.29, 1.82) is 0 Å². The third-order valence-electron chi connectivity index (χ3n) is 2.68. The van der Waals surface area contributed by atoms with Crippen molar-refractivity contribution < 1.29 is 0 Å². The molecule has 0 saturated carbocycles. The lowest BCUT2D eigenvalue weighted by atomic mass is 10.1. The Balaban J connectivity index is 2.58. The molecule has 0 aliphatic heterocycles. The number of rotatable bonds is 3. The minimum absolute atomic E-state index is 0.512. The van der Waals surface area contributed by atoms with Crippen molar-refractivity contribution in [3.63, 3.8) is 0 Å². The molecule has 0 aliphatic rings. The third-order valence-corrected chi connectivity index (χ3v) is 4.19. The molecule has 0 radical (unpaired) electrons. The number of hydrogen-bond donors (Lipinski definition) is 1. The fourth-order valence-electron chi connectivity index (χ4n) is 1.75. The largest absolute Gasteiger partial charge is 0.384 e. The van der Waals surface area contributed by atoms with E-state index in [1.165, 1.54) is 10.5 Å². The number of thioether (sulfide) groups is 2. The van der Waals surface area contributed by atoms with Crippen molar-refractivity contribution in [3.05, 3.63) is 29.8 Å². The van der Waals surface area contributed by atoms with Crippen LogP contribution in [-0.2, 0) is 0 Å². The third kappa shape index (κ3) is 2.62. The summed E-state index contributed by atoms with van der Waals surface area (Å²) in [4.78, 5) is 10.1. The van der Waals surface area contributed by atoms with E-state index in [1.54, 1.807) is 29.6 Å². The van der Waals surface area contributed by atoms with Gasteiger partial charge in [0.1, 0.15) is 10.8 Å². The second-order valence-electron chi connectivity index (χ2n) is 3.79. The molecule has 0 atom stereocenters. The zero-order chi connectivity index (χ0) is 13.1. The maximum Gasteiger partial charge on any atom is 0.163 e. The minimum atomic E-state index is 0.512. The molecule has 2 aromatic rings. The van der Waals surface area contributed by atoms with E-state index in [0.29, 0.717) is 11.6 Å². The molecule has 94 valence electrons. The summed E-state index contributed by atoms with van der Waals surface area (Å²) in [5, 5.41) is 0.895. The first kappa shape index (κ1) is 13.2. The Bertz CT molecular complexity index is 570. The van der Waals surface area contributed by atoms with Crippen LogP contribution in [0, 0.1) is 6.92 Å². The van der Waals surface area contributed by atoms with E-state index in [-0.39, 0.29) is 0 Å². The number of benzene rings is 1. The second-order valence-corrected chi connectivity index (χ2v) is 5.47. The van der Waals surface area contributed by atoms with Crippen LogP contribution in [0.1, 0.15) is 5.56 Å². The molecule has 3 nitrogen and oxygen atoms in total. The zero-order valence-electron chi connectivity index (χ0n) is 10.6. The molecular formula is C13H15N3S2. The van der Waals surface area contributed by atoms with Crippen LogP contribution in [0.25, 0.3) is 11.4 Å². The maximum absolute atomic E-state index is 5.82. The molecule has 5 heteroatoms. The van der Waals surface area contributed by atoms with Gasteiger partial charge in [-0.2, -0.15) is 0 Å². The maximum atomic E-state index is 5.82. The lowest BCUT2D eigenvalue weighted by molar-refractivity contribution is 1.06. The molecule has 18 heavy (non-hydrogen) atoms. The summed E-state index contributed by atoms with van der Waals surface area (Å²) in [5.41, 5.74) is 8.07. The Morgan fingerprint density at radius 1 is 1.11 bits per heavy atom. The van der Waals surface area contributed by atoms with Crippen LogP contribution < -0.4 is 5.73 Å². The van der Waals surface area contributed by atoms with Gasteiger partial charge in [0.2, 0.25) is 0 Å². The highest BCUT2D eigenvalue weighted by Crippen LogP contribution is 2.29. The summed E-state index contributed by atoms with van der Waals surface area (Å²) in [6.45, 7) is 2.09. The highest BCUT2D eigenvalue weighted by atomic mass is 32.2. The van der Waals surface area contributed by atoms with E-state index in [0.717, 1.165) is 10.6 Å². The van der Waals surface area contributed by atoms with Crippen LogP contribution in [0.4, 0.5) is 5.82 Å². The van der Waals surface area contributed by atoms with Crippen LogP contribution in [0.5, 0.6) is 0 Å². The molecule has 1 aromatic carbocycles. The molecule has 2 rings (SSSR count). The van der Waals surface area contributed by atoms with Gasteiger partial charge in [0.05, 0.1) is 0 Å². The first-order valence-corrected chi connectivity index (χ1v) is 7.93. The van der Waals surface area contributed by atoms with E-state index in [1.807, 2.05) is 18.4 Å². The summed E-state index contributed by atoms with van der Waals surface area (Å²) < 4.78 is 0. The molecule has 0 spiro atoms. The molecule has 0 saturated heterocycles. The predicted molar refractivity (Wildman–Crippen MR) is 80.2 cm³/mol. The van der Waals surface area contributed by atoms with Gasteiger partial charge in [0, 0.05) is 16.5 Å².